The van der Waals surface area contributed by atoms with E-state index >= 15 is 0 Å². The normalized spacial score (nSPS) is 10.3. The Bertz CT molecular complexity index is 632. The highest BCUT2D eigenvalue weighted by atomic mass is 16.4. The van der Waals surface area contributed by atoms with Crippen LogP contribution in [0.25, 0.3) is 0 Å². The monoisotopic (exact) mass is 292 g/mol. The summed E-state index contributed by atoms with van der Waals surface area (Å²) in [6.07, 6.45) is 4.32. The Balaban J connectivity index is 1.68. The minimum Gasteiger partial charge on any atom is -0.475 e. The van der Waals surface area contributed by atoms with Gasteiger partial charge in [0.05, 0.1) is 12.7 Å². The van der Waals surface area contributed by atoms with Crippen LogP contribution in [-0.2, 0) is 20.0 Å². The van der Waals surface area contributed by atoms with Crippen LogP contribution in [0.15, 0.2) is 28.9 Å². The third kappa shape index (κ3) is 4.37. The third-order valence-corrected chi connectivity index (χ3v) is 2.75. The number of carbonyl (C=O) groups excluding carboxylic acids is 1. The molecule has 0 aliphatic heterocycles. The minimum absolute atomic E-state index is 0.131. The summed E-state index contributed by atoms with van der Waals surface area (Å²) in [4.78, 5) is 22.2. The van der Waals surface area contributed by atoms with E-state index in [1.165, 1.54) is 12.1 Å². The van der Waals surface area contributed by atoms with Gasteiger partial charge in [0.25, 0.3) is 0 Å². The molecule has 0 saturated carbocycles. The molecule has 0 bridgehead atoms. The summed E-state index contributed by atoms with van der Waals surface area (Å²) >= 11 is 0. The average molecular weight is 292 g/mol. The van der Waals surface area contributed by atoms with Crippen LogP contribution in [0.3, 0.4) is 0 Å². The van der Waals surface area contributed by atoms with E-state index in [1.807, 2.05) is 13.2 Å². The Kier molecular flexibility index (Phi) is 4.60. The molecule has 2 rings (SSSR count). The van der Waals surface area contributed by atoms with Gasteiger partial charge in [-0.15, -0.1) is 0 Å². The first-order chi connectivity index (χ1) is 10.0. The molecule has 2 amide bonds. The maximum Gasteiger partial charge on any atom is 0.371 e. The Morgan fingerprint density at radius 1 is 1.38 bits per heavy atom. The number of aromatic carboxylic acids is 1. The highest BCUT2D eigenvalue weighted by Gasteiger charge is 2.09. The molecule has 2 aromatic rings. The SMILES string of the molecule is Cn1cc(CCNC(=O)NCc2ccc(C(=O)O)o2)cn1. The minimum atomic E-state index is -1.14. The molecule has 0 atom stereocenters. The lowest BCUT2D eigenvalue weighted by Crippen LogP contribution is -2.36. The van der Waals surface area contributed by atoms with E-state index < -0.39 is 5.97 Å². The van der Waals surface area contributed by atoms with Crippen LogP contribution in [0.2, 0.25) is 0 Å². The lowest BCUT2D eigenvalue weighted by atomic mass is 10.2. The number of furan rings is 1. The first-order valence-corrected chi connectivity index (χ1v) is 6.36. The summed E-state index contributed by atoms with van der Waals surface area (Å²) < 4.78 is 6.72. The van der Waals surface area contributed by atoms with Crippen molar-refractivity contribution in [3.8, 4) is 0 Å². The van der Waals surface area contributed by atoms with Crippen molar-refractivity contribution in [2.45, 2.75) is 13.0 Å². The van der Waals surface area contributed by atoms with Crippen LogP contribution in [0.4, 0.5) is 4.79 Å². The summed E-state index contributed by atoms with van der Waals surface area (Å²) in [6.45, 7) is 0.613. The van der Waals surface area contributed by atoms with E-state index in [4.69, 9.17) is 9.52 Å². The van der Waals surface area contributed by atoms with E-state index in [9.17, 15) is 9.59 Å². The molecular weight excluding hydrogens is 276 g/mol. The van der Waals surface area contributed by atoms with Crippen molar-refractivity contribution >= 4 is 12.0 Å². The third-order valence-electron chi connectivity index (χ3n) is 2.75. The Labute approximate surface area is 120 Å². The van der Waals surface area contributed by atoms with Gasteiger partial charge < -0.3 is 20.2 Å². The molecule has 3 N–H and O–H groups in total. The lowest BCUT2D eigenvalue weighted by molar-refractivity contribution is 0.0660. The van der Waals surface area contributed by atoms with Gasteiger partial charge in [0.2, 0.25) is 5.76 Å². The predicted octanol–water partition coefficient (Wildman–Crippen LogP) is 0.753. The van der Waals surface area contributed by atoms with Crippen molar-refractivity contribution in [1.29, 1.82) is 0 Å². The molecular formula is C13H16N4O4. The summed E-state index contributed by atoms with van der Waals surface area (Å²) in [5.74, 6) is -0.902. The van der Waals surface area contributed by atoms with Gasteiger partial charge in [-0.2, -0.15) is 5.10 Å². The van der Waals surface area contributed by atoms with Gasteiger partial charge in [0, 0.05) is 19.8 Å². The standard InChI is InChI=1S/C13H16N4O4/c1-17-8-9(6-16-17)4-5-14-13(20)15-7-10-2-3-11(21-10)12(18)19/h2-3,6,8H,4-5,7H2,1H3,(H,18,19)(H2,14,15,20). The molecule has 8 heteroatoms. The number of amides is 2. The smallest absolute Gasteiger partial charge is 0.371 e. The van der Waals surface area contributed by atoms with Crippen molar-refractivity contribution in [1.82, 2.24) is 20.4 Å². The van der Waals surface area contributed by atoms with E-state index in [2.05, 4.69) is 15.7 Å². The van der Waals surface area contributed by atoms with Crippen molar-refractivity contribution < 1.29 is 19.1 Å². The van der Waals surface area contributed by atoms with Crippen LogP contribution < -0.4 is 10.6 Å². The maximum absolute atomic E-state index is 11.6. The van der Waals surface area contributed by atoms with Crippen molar-refractivity contribution in [3.63, 3.8) is 0 Å². The second-order valence-electron chi connectivity index (χ2n) is 4.45. The topological polar surface area (TPSA) is 109 Å². The lowest BCUT2D eigenvalue weighted by Gasteiger charge is -2.05. The summed E-state index contributed by atoms with van der Waals surface area (Å²) in [6, 6.07) is 2.52. The molecule has 0 fully saturated rings. The molecule has 0 spiro atoms. The number of rotatable bonds is 6. The van der Waals surface area contributed by atoms with Gasteiger partial charge in [0.15, 0.2) is 0 Å². The molecule has 112 valence electrons. The van der Waals surface area contributed by atoms with Gasteiger partial charge in [0.1, 0.15) is 5.76 Å². The molecule has 0 saturated heterocycles. The van der Waals surface area contributed by atoms with Crippen LogP contribution in [-0.4, -0.2) is 33.4 Å². The first-order valence-electron chi connectivity index (χ1n) is 6.36. The first kappa shape index (κ1) is 14.6. The quantitative estimate of drug-likeness (QED) is 0.728. The molecule has 8 nitrogen and oxygen atoms in total. The number of urea groups is 1. The van der Waals surface area contributed by atoms with Crippen LogP contribution in [0.1, 0.15) is 21.9 Å². The highest BCUT2D eigenvalue weighted by molar-refractivity contribution is 5.84. The van der Waals surface area contributed by atoms with Gasteiger partial charge >= 0.3 is 12.0 Å². The van der Waals surface area contributed by atoms with E-state index in [-0.39, 0.29) is 18.3 Å². The highest BCUT2D eigenvalue weighted by Crippen LogP contribution is 2.07. The number of nitrogens with one attached hydrogen (secondary N) is 2. The van der Waals surface area contributed by atoms with E-state index in [0.717, 1.165) is 5.56 Å². The fourth-order valence-corrected chi connectivity index (χ4v) is 1.74. The second-order valence-corrected chi connectivity index (χ2v) is 4.45. The van der Waals surface area contributed by atoms with Crippen LogP contribution in [0, 0.1) is 0 Å². The summed E-state index contributed by atoms with van der Waals surface area (Å²) in [5.41, 5.74) is 1.04. The van der Waals surface area contributed by atoms with Crippen molar-refractivity contribution in [2.75, 3.05) is 6.54 Å². The number of hydrogen-bond donors (Lipinski definition) is 3. The fraction of sp³-hybridized carbons (Fsp3) is 0.308. The molecule has 0 aromatic carbocycles. The number of hydrogen-bond acceptors (Lipinski definition) is 4. The van der Waals surface area contributed by atoms with E-state index in [1.54, 1.807) is 10.9 Å². The van der Waals surface area contributed by atoms with Gasteiger partial charge in [-0.3, -0.25) is 4.68 Å². The number of carbonyl (C=O) groups is 2. The van der Waals surface area contributed by atoms with E-state index in [0.29, 0.717) is 18.7 Å². The largest absolute Gasteiger partial charge is 0.475 e. The molecule has 2 heterocycles. The van der Waals surface area contributed by atoms with Crippen molar-refractivity contribution in [3.05, 3.63) is 41.6 Å². The average Bonchev–Trinajstić information content (AvgIpc) is 3.05. The zero-order valence-corrected chi connectivity index (χ0v) is 11.5. The van der Waals surface area contributed by atoms with Crippen molar-refractivity contribution in [2.24, 2.45) is 7.05 Å². The molecule has 21 heavy (non-hydrogen) atoms. The number of nitrogens with zero attached hydrogens (tertiary/aromatic N) is 2. The molecule has 0 aliphatic carbocycles. The Morgan fingerprint density at radius 3 is 2.81 bits per heavy atom. The van der Waals surface area contributed by atoms with Gasteiger partial charge in [-0.25, -0.2) is 9.59 Å². The number of carboxylic acid groups (broad SMARTS) is 1. The molecule has 0 unspecified atom stereocenters. The zero-order chi connectivity index (χ0) is 15.2. The predicted molar refractivity (Wildman–Crippen MR) is 72.8 cm³/mol. The van der Waals surface area contributed by atoms with Crippen LogP contribution in [0.5, 0.6) is 0 Å². The Morgan fingerprint density at radius 2 is 2.19 bits per heavy atom. The molecule has 0 aliphatic rings. The van der Waals surface area contributed by atoms with Gasteiger partial charge in [-0.05, 0) is 24.1 Å². The second kappa shape index (κ2) is 6.60. The maximum atomic E-state index is 11.6. The summed E-state index contributed by atoms with van der Waals surface area (Å²) in [7, 11) is 1.83. The summed E-state index contributed by atoms with van der Waals surface area (Å²) in [5, 5.41) is 18.0. The Hall–Kier alpha value is -2.77. The fourth-order valence-electron chi connectivity index (χ4n) is 1.74. The number of aromatic nitrogens is 2. The zero-order valence-electron chi connectivity index (χ0n) is 11.5. The number of carboxylic acids is 1. The molecule has 0 radical (unpaired) electrons. The molecule has 2 aromatic heterocycles. The van der Waals surface area contributed by atoms with Gasteiger partial charge in [-0.1, -0.05) is 0 Å². The van der Waals surface area contributed by atoms with Crippen LogP contribution >= 0.6 is 0 Å². The number of aryl methyl sites for hydroxylation is 1.